The first-order chi connectivity index (χ1) is 17.4. The van der Waals surface area contributed by atoms with E-state index >= 15 is 0 Å². The van der Waals surface area contributed by atoms with Crippen LogP contribution in [-0.2, 0) is 14.2 Å². The van der Waals surface area contributed by atoms with Crippen molar-refractivity contribution in [2.24, 2.45) is 0 Å². The van der Waals surface area contributed by atoms with Crippen molar-refractivity contribution in [2.45, 2.75) is 48.5 Å². The van der Waals surface area contributed by atoms with Crippen LogP contribution in [0.5, 0.6) is 0 Å². The summed E-state index contributed by atoms with van der Waals surface area (Å²) in [5.74, 6) is -0.574. The molecule has 0 radical (unpaired) electrons. The van der Waals surface area contributed by atoms with Crippen molar-refractivity contribution in [1.82, 2.24) is 25.0 Å². The number of hydrogen-bond donors (Lipinski definition) is 2. The van der Waals surface area contributed by atoms with Gasteiger partial charge in [-0.05, 0) is 35.8 Å². The molecule has 3 aromatic heterocycles. The number of thioether (sulfide) groups is 1. The lowest BCUT2D eigenvalue weighted by molar-refractivity contribution is -0.191. The highest BCUT2D eigenvalue weighted by atomic mass is 79.9. The second-order valence-electron chi connectivity index (χ2n) is 7.52. The molecule has 2 unspecified atom stereocenters. The summed E-state index contributed by atoms with van der Waals surface area (Å²) in [6.45, 7) is 3.59. The van der Waals surface area contributed by atoms with E-state index in [0.717, 1.165) is 0 Å². The average Bonchev–Trinajstić information content (AvgIpc) is 3.50. The maximum absolute atomic E-state index is 12.5. The molecule has 2 N–H and O–H groups in total. The van der Waals surface area contributed by atoms with Gasteiger partial charge in [-0.3, -0.25) is 0 Å². The normalized spacial score (nSPS) is 24.1. The van der Waals surface area contributed by atoms with Crippen molar-refractivity contribution in [3.63, 3.8) is 0 Å². The third-order valence-electron chi connectivity index (χ3n) is 5.23. The number of pyridine rings is 1. The third-order valence-corrected chi connectivity index (χ3v) is 8.02. The molecule has 36 heavy (non-hydrogen) atoms. The van der Waals surface area contributed by atoms with Gasteiger partial charge in [-0.2, -0.15) is 0 Å². The fraction of sp³-hybridized carbons (Fsp3) is 0.476. The summed E-state index contributed by atoms with van der Waals surface area (Å²) in [7, 11) is 0. The number of thiazole rings is 1. The largest absolute Gasteiger partial charge is 0.461 e. The number of nitrogens with zero attached hydrogens (tertiary/aromatic N) is 5. The number of esters is 1. The molecule has 0 saturated carbocycles. The molecule has 0 amide bonds. The predicted molar refractivity (Wildman–Crippen MR) is 136 cm³/mol. The molecule has 5 atom stereocenters. The van der Waals surface area contributed by atoms with Gasteiger partial charge in [0.15, 0.2) is 5.69 Å². The van der Waals surface area contributed by atoms with E-state index < -0.39 is 42.4 Å². The Kier molecular flexibility index (Phi) is 9.33. The van der Waals surface area contributed by atoms with E-state index in [4.69, 9.17) is 25.8 Å². The first kappa shape index (κ1) is 27.4. The van der Waals surface area contributed by atoms with Crippen LogP contribution in [0.2, 0.25) is 5.15 Å². The highest BCUT2D eigenvalue weighted by Crippen LogP contribution is 2.41. The Labute approximate surface area is 228 Å². The average molecular weight is 621 g/mol. The van der Waals surface area contributed by atoms with Crippen LogP contribution in [0.3, 0.4) is 0 Å². The van der Waals surface area contributed by atoms with Crippen LogP contribution in [0.1, 0.15) is 30.4 Å². The van der Waals surface area contributed by atoms with Gasteiger partial charge in [0.25, 0.3) is 0 Å². The van der Waals surface area contributed by atoms with Gasteiger partial charge in [0.2, 0.25) is 0 Å². The summed E-state index contributed by atoms with van der Waals surface area (Å²) < 4.78 is 19.4. The first-order valence-electron chi connectivity index (χ1n) is 10.9. The van der Waals surface area contributed by atoms with Crippen LogP contribution < -0.4 is 0 Å². The van der Waals surface area contributed by atoms with Crippen LogP contribution in [-0.4, -0.2) is 84.7 Å². The van der Waals surface area contributed by atoms with E-state index in [1.807, 2.05) is 6.92 Å². The third kappa shape index (κ3) is 5.91. The summed E-state index contributed by atoms with van der Waals surface area (Å²) in [5, 5.41) is 32.1. The minimum absolute atomic E-state index is 0.121. The molecule has 0 spiro atoms. The second kappa shape index (κ2) is 12.3. The van der Waals surface area contributed by atoms with E-state index in [0.29, 0.717) is 31.8 Å². The number of aliphatic hydroxyl groups excluding tert-OH is 2. The molecule has 0 aliphatic carbocycles. The molecule has 1 aliphatic rings. The zero-order valence-electron chi connectivity index (χ0n) is 19.2. The lowest BCUT2D eigenvalue weighted by atomic mass is 9.97. The van der Waals surface area contributed by atoms with Crippen LogP contribution in [0.25, 0.3) is 10.7 Å². The summed E-state index contributed by atoms with van der Waals surface area (Å²) >= 11 is 11.8. The maximum atomic E-state index is 12.5. The van der Waals surface area contributed by atoms with E-state index in [1.165, 1.54) is 34.0 Å². The number of halogens is 2. The SMILES string of the molecule is CCOC(=O)c1ncc(Br)cc1S[C@H]1OC(CO)[C@H](O)[C@H](n2cc(-c3nc(Cl)cs3)nn2)C1OCC. The van der Waals surface area contributed by atoms with Gasteiger partial charge in [0.05, 0.1) is 19.4 Å². The van der Waals surface area contributed by atoms with Crippen molar-refractivity contribution in [3.05, 3.63) is 39.2 Å². The number of ether oxygens (including phenoxy) is 3. The molecule has 4 heterocycles. The van der Waals surface area contributed by atoms with E-state index in [2.05, 4.69) is 36.2 Å². The molecule has 194 valence electrons. The van der Waals surface area contributed by atoms with E-state index in [9.17, 15) is 15.0 Å². The first-order valence-corrected chi connectivity index (χ1v) is 13.9. The number of rotatable bonds is 9. The Bertz CT molecular complexity index is 1200. The van der Waals surface area contributed by atoms with E-state index in [1.54, 1.807) is 24.6 Å². The zero-order valence-corrected chi connectivity index (χ0v) is 23.1. The molecular formula is C21H23BrClN5O6S2. The van der Waals surface area contributed by atoms with Gasteiger partial charge < -0.3 is 24.4 Å². The van der Waals surface area contributed by atoms with Crippen LogP contribution in [0.4, 0.5) is 0 Å². The summed E-state index contributed by atoms with van der Waals surface area (Å²) in [5.41, 5.74) is -0.149. The molecule has 3 aromatic rings. The molecule has 11 nitrogen and oxygen atoms in total. The lowest BCUT2D eigenvalue weighted by Gasteiger charge is -2.43. The molecular weight excluding hydrogens is 598 g/mol. The number of aliphatic hydroxyl groups is 2. The van der Waals surface area contributed by atoms with Gasteiger partial charge in [-0.25, -0.2) is 19.4 Å². The van der Waals surface area contributed by atoms with E-state index in [-0.39, 0.29) is 12.3 Å². The monoisotopic (exact) mass is 619 g/mol. The van der Waals surface area contributed by atoms with Gasteiger partial charge >= 0.3 is 5.97 Å². The predicted octanol–water partition coefficient (Wildman–Crippen LogP) is 3.21. The van der Waals surface area contributed by atoms with Crippen molar-refractivity contribution < 1.29 is 29.2 Å². The Balaban J connectivity index is 1.70. The maximum Gasteiger partial charge on any atom is 0.358 e. The zero-order chi connectivity index (χ0) is 25.8. The fourth-order valence-electron chi connectivity index (χ4n) is 3.71. The number of carbonyl (C=O) groups is 1. The Hall–Kier alpha value is -1.65. The lowest BCUT2D eigenvalue weighted by Crippen LogP contribution is -2.56. The number of aromatic nitrogens is 5. The quantitative estimate of drug-likeness (QED) is 0.341. The molecule has 0 bridgehead atoms. The van der Waals surface area contributed by atoms with Crippen molar-refractivity contribution in [1.29, 1.82) is 0 Å². The number of hydrogen-bond acceptors (Lipinski definition) is 12. The van der Waals surface area contributed by atoms with Gasteiger partial charge in [0, 0.05) is 27.6 Å². The fourth-order valence-corrected chi connectivity index (χ4v) is 6.35. The summed E-state index contributed by atoms with van der Waals surface area (Å²) in [6, 6.07) is 0.959. The summed E-state index contributed by atoms with van der Waals surface area (Å²) in [4.78, 5) is 21.4. The van der Waals surface area contributed by atoms with Gasteiger partial charge in [-0.1, -0.05) is 28.6 Å². The Morgan fingerprint density at radius 2 is 2.19 bits per heavy atom. The van der Waals surface area contributed by atoms with Gasteiger partial charge in [0.1, 0.15) is 45.6 Å². The topological polar surface area (TPSA) is 142 Å². The standard InChI is InChI=1S/C21H23BrClN5O6S2/c1-3-32-18-16(28-7-11(26-27-28)19-25-14(23)9-35-19)17(30)12(8-29)34-21(18)36-13-5-10(22)6-24-15(13)20(31)33-4-2/h5-7,9,12,16-18,21,29-30H,3-4,8H2,1-2H3/t12?,16-,17-,18?,21+/m0/s1. The number of carbonyl (C=O) groups excluding carboxylic acids is 1. The molecule has 0 aromatic carbocycles. The van der Waals surface area contributed by atoms with Crippen molar-refractivity contribution >= 4 is 56.6 Å². The molecule has 1 fully saturated rings. The highest BCUT2D eigenvalue weighted by Gasteiger charge is 2.48. The Morgan fingerprint density at radius 1 is 1.39 bits per heavy atom. The van der Waals surface area contributed by atoms with Crippen molar-refractivity contribution in [2.75, 3.05) is 19.8 Å². The van der Waals surface area contributed by atoms with Gasteiger partial charge in [-0.15, -0.1) is 16.4 Å². The highest BCUT2D eigenvalue weighted by molar-refractivity contribution is 9.10. The van der Waals surface area contributed by atoms with Crippen LogP contribution in [0.15, 0.2) is 33.2 Å². The molecule has 15 heteroatoms. The smallest absolute Gasteiger partial charge is 0.358 e. The molecule has 1 aliphatic heterocycles. The summed E-state index contributed by atoms with van der Waals surface area (Å²) in [6.07, 6.45) is 0.297. The molecule has 1 saturated heterocycles. The minimum Gasteiger partial charge on any atom is -0.461 e. The minimum atomic E-state index is -1.16. The second-order valence-corrected chi connectivity index (χ2v) is 10.8. The molecule has 4 rings (SSSR count). The van der Waals surface area contributed by atoms with Crippen LogP contribution in [0, 0.1) is 0 Å². The Morgan fingerprint density at radius 3 is 2.86 bits per heavy atom. The van der Waals surface area contributed by atoms with Crippen molar-refractivity contribution in [3.8, 4) is 10.7 Å². The van der Waals surface area contributed by atoms with Crippen LogP contribution >= 0.6 is 50.6 Å².